The van der Waals surface area contributed by atoms with E-state index in [0.29, 0.717) is 5.78 Å². The number of aliphatic hydroxyl groups excluding tert-OH is 1. The Labute approximate surface area is 110 Å². The molecule has 0 radical (unpaired) electrons. The first-order valence-corrected chi connectivity index (χ1v) is 7.38. The van der Waals surface area contributed by atoms with E-state index in [1.54, 1.807) is 0 Å². The van der Waals surface area contributed by atoms with Gasteiger partial charge in [-0.3, -0.25) is 9.69 Å². The lowest BCUT2D eigenvalue weighted by Crippen LogP contribution is -2.49. The van der Waals surface area contributed by atoms with E-state index in [4.69, 9.17) is 5.11 Å². The maximum Gasteiger partial charge on any atom is 0.137 e. The van der Waals surface area contributed by atoms with Crippen molar-refractivity contribution in [2.24, 2.45) is 5.92 Å². The topological polar surface area (TPSA) is 43.8 Å². The second-order valence-corrected chi connectivity index (χ2v) is 5.63. The number of hydrogen-bond acceptors (Lipinski definition) is 4. The average Bonchev–Trinajstić information content (AvgIpc) is 2.58. The molecule has 2 fully saturated rings. The van der Waals surface area contributed by atoms with Gasteiger partial charge in [0.05, 0.1) is 6.61 Å². The summed E-state index contributed by atoms with van der Waals surface area (Å²) in [5.41, 5.74) is 0. The molecule has 104 valence electrons. The summed E-state index contributed by atoms with van der Waals surface area (Å²) >= 11 is 0. The molecular weight excluding hydrogens is 228 g/mol. The highest BCUT2D eigenvalue weighted by Gasteiger charge is 2.25. The van der Waals surface area contributed by atoms with E-state index < -0.39 is 0 Å². The number of Topliss-reactive ketones (excluding diaryl/α,β-unsaturated/α-hetero) is 1. The largest absolute Gasteiger partial charge is 0.395 e. The minimum atomic E-state index is 0.251. The average molecular weight is 254 g/mol. The van der Waals surface area contributed by atoms with Crippen molar-refractivity contribution in [3.05, 3.63) is 0 Å². The fourth-order valence-corrected chi connectivity index (χ4v) is 3.07. The van der Waals surface area contributed by atoms with Gasteiger partial charge in [-0.05, 0) is 12.8 Å². The maximum atomic E-state index is 12.0. The summed E-state index contributed by atoms with van der Waals surface area (Å²) in [6, 6.07) is 0. The summed E-state index contributed by atoms with van der Waals surface area (Å²) in [4.78, 5) is 16.7. The van der Waals surface area contributed by atoms with Crippen molar-refractivity contribution >= 4 is 5.78 Å². The third-order valence-electron chi connectivity index (χ3n) is 4.29. The van der Waals surface area contributed by atoms with Gasteiger partial charge < -0.3 is 10.0 Å². The van der Waals surface area contributed by atoms with E-state index in [2.05, 4.69) is 9.80 Å². The molecule has 0 amide bonds. The molecule has 2 rings (SSSR count). The molecule has 1 aliphatic heterocycles. The first kappa shape index (κ1) is 14.0. The predicted octanol–water partition coefficient (Wildman–Crippen LogP) is 0.746. The standard InChI is InChI=1S/C14H26N2O2/c17-11-10-15-6-8-16(9-7-15)12-13-4-2-1-3-5-14(13)18/h13,17H,1-12H2. The molecule has 1 atom stereocenters. The molecule has 1 N–H and O–H groups in total. The molecule has 4 nitrogen and oxygen atoms in total. The Morgan fingerprint density at radius 3 is 2.50 bits per heavy atom. The number of ketones is 1. The van der Waals surface area contributed by atoms with Gasteiger partial charge in [-0.25, -0.2) is 0 Å². The quantitative estimate of drug-likeness (QED) is 0.752. The summed E-state index contributed by atoms with van der Waals surface area (Å²) in [7, 11) is 0. The summed E-state index contributed by atoms with van der Waals surface area (Å²) in [5, 5.41) is 8.91. The number of β-amino-alcohol motifs (C(OH)–C–C–N with tert-alkyl or cyclic N) is 1. The summed E-state index contributed by atoms with van der Waals surface area (Å²) in [6.07, 6.45) is 5.44. The zero-order valence-corrected chi connectivity index (χ0v) is 11.3. The van der Waals surface area contributed by atoms with E-state index in [0.717, 1.165) is 58.5 Å². The molecule has 0 aromatic rings. The van der Waals surface area contributed by atoms with Crippen molar-refractivity contribution in [3.8, 4) is 0 Å². The number of nitrogens with zero attached hydrogens (tertiary/aromatic N) is 2. The monoisotopic (exact) mass is 254 g/mol. The van der Waals surface area contributed by atoms with Gasteiger partial charge in [-0.1, -0.05) is 12.8 Å². The van der Waals surface area contributed by atoms with Crippen molar-refractivity contribution in [1.29, 1.82) is 0 Å². The normalized spacial score (nSPS) is 28.3. The van der Waals surface area contributed by atoms with Crippen LogP contribution in [-0.4, -0.2) is 66.6 Å². The summed E-state index contributed by atoms with van der Waals surface area (Å²) in [6.45, 7) is 6.15. The van der Waals surface area contributed by atoms with Gasteiger partial charge in [0.2, 0.25) is 0 Å². The first-order chi connectivity index (χ1) is 8.79. The highest BCUT2D eigenvalue weighted by atomic mass is 16.3. The number of aliphatic hydroxyl groups is 1. The molecule has 1 saturated heterocycles. The molecule has 0 aromatic carbocycles. The minimum absolute atomic E-state index is 0.251. The van der Waals surface area contributed by atoms with Crippen molar-refractivity contribution < 1.29 is 9.90 Å². The van der Waals surface area contributed by atoms with Crippen LogP contribution in [-0.2, 0) is 4.79 Å². The SMILES string of the molecule is O=C1CCCCCC1CN1CCN(CCO)CC1. The summed E-state index contributed by atoms with van der Waals surface area (Å²) in [5.74, 6) is 0.780. The Bertz CT molecular complexity index is 263. The number of carbonyl (C=O) groups excluding carboxylic acids is 1. The lowest BCUT2D eigenvalue weighted by Gasteiger charge is -2.35. The van der Waals surface area contributed by atoms with Gasteiger partial charge in [0, 0.05) is 51.6 Å². The van der Waals surface area contributed by atoms with Crippen LogP contribution in [0.4, 0.5) is 0 Å². The molecule has 0 spiro atoms. The Balaban J connectivity index is 1.74. The van der Waals surface area contributed by atoms with Crippen molar-refractivity contribution in [3.63, 3.8) is 0 Å². The smallest absolute Gasteiger partial charge is 0.137 e. The van der Waals surface area contributed by atoms with Crippen LogP contribution in [0, 0.1) is 5.92 Å². The molecular formula is C14H26N2O2. The molecule has 4 heteroatoms. The van der Waals surface area contributed by atoms with Crippen molar-refractivity contribution in [2.75, 3.05) is 45.9 Å². The fourth-order valence-electron chi connectivity index (χ4n) is 3.07. The molecule has 1 unspecified atom stereocenters. The van der Waals surface area contributed by atoms with Crippen LogP contribution >= 0.6 is 0 Å². The van der Waals surface area contributed by atoms with Crippen LogP contribution < -0.4 is 0 Å². The molecule has 0 bridgehead atoms. The highest BCUT2D eigenvalue weighted by molar-refractivity contribution is 5.81. The van der Waals surface area contributed by atoms with E-state index >= 15 is 0 Å². The van der Waals surface area contributed by atoms with Crippen LogP contribution in [0.2, 0.25) is 0 Å². The Morgan fingerprint density at radius 1 is 1.06 bits per heavy atom. The molecule has 1 saturated carbocycles. The van der Waals surface area contributed by atoms with Crippen molar-refractivity contribution in [2.45, 2.75) is 32.1 Å². The summed E-state index contributed by atoms with van der Waals surface area (Å²) < 4.78 is 0. The van der Waals surface area contributed by atoms with Gasteiger partial charge in [0.15, 0.2) is 0 Å². The van der Waals surface area contributed by atoms with Gasteiger partial charge in [-0.2, -0.15) is 0 Å². The second-order valence-electron chi connectivity index (χ2n) is 5.63. The Hall–Kier alpha value is -0.450. The van der Waals surface area contributed by atoms with Gasteiger partial charge in [0.1, 0.15) is 5.78 Å². The van der Waals surface area contributed by atoms with Gasteiger partial charge in [-0.15, -0.1) is 0 Å². The number of piperazine rings is 1. The molecule has 0 aromatic heterocycles. The zero-order valence-electron chi connectivity index (χ0n) is 11.3. The first-order valence-electron chi connectivity index (χ1n) is 7.38. The number of rotatable bonds is 4. The van der Waals surface area contributed by atoms with E-state index in [9.17, 15) is 4.79 Å². The van der Waals surface area contributed by atoms with Crippen LogP contribution in [0.3, 0.4) is 0 Å². The zero-order chi connectivity index (χ0) is 12.8. The second kappa shape index (κ2) is 7.22. The lowest BCUT2D eigenvalue weighted by molar-refractivity contribution is -0.123. The van der Waals surface area contributed by atoms with E-state index in [1.807, 2.05) is 0 Å². The molecule has 18 heavy (non-hydrogen) atoms. The van der Waals surface area contributed by atoms with E-state index in [1.165, 1.54) is 12.8 Å². The Kier molecular flexibility index (Phi) is 5.60. The van der Waals surface area contributed by atoms with Crippen molar-refractivity contribution in [1.82, 2.24) is 9.80 Å². The van der Waals surface area contributed by atoms with Crippen LogP contribution in [0.25, 0.3) is 0 Å². The minimum Gasteiger partial charge on any atom is -0.395 e. The highest BCUT2D eigenvalue weighted by Crippen LogP contribution is 2.21. The van der Waals surface area contributed by atoms with Crippen LogP contribution in [0.5, 0.6) is 0 Å². The van der Waals surface area contributed by atoms with Crippen LogP contribution in [0.15, 0.2) is 0 Å². The Morgan fingerprint density at radius 2 is 1.78 bits per heavy atom. The predicted molar refractivity (Wildman–Crippen MR) is 71.5 cm³/mol. The number of hydrogen-bond donors (Lipinski definition) is 1. The molecule has 1 heterocycles. The number of carbonyl (C=O) groups is 1. The van der Waals surface area contributed by atoms with E-state index in [-0.39, 0.29) is 12.5 Å². The van der Waals surface area contributed by atoms with Gasteiger partial charge in [0.25, 0.3) is 0 Å². The molecule has 2 aliphatic rings. The van der Waals surface area contributed by atoms with Crippen LogP contribution in [0.1, 0.15) is 32.1 Å². The third-order valence-corrected chi connectivity index (χ3v) is 4.29. The fraction of sp³-hybridized carbons (Fsp3) is 0.929. The maximum absolute atomic E-state index is 12.0. The molecule has 1 aliphatic carbocycles. The van der Waals surface area contributed by atoms with Gasteiger partial charge >= 0.3 is 0 Å². The third kappa shape index (κ3) is 4.04. The lowest BCUT2D eigenvalue weighted by atomic mass is 9.98.